The molecule has 1 aliphatic rings. The Morgan fingerprint density at radius 3 is 2.19 bits per heavy atom. The van der Waals surface area contributed by atoms with E-state index in [1.165, 1.54) is 43.9 Å². The largest absolute Gasteiger partial charge is 0.468 e. The van der Waals surface area contributed by atoms with E-state index in [-0.39, 0.29) is 11.2 Å². The van der Waals surface area contributed by atoms with Crippen LogP contribution >= 0.6 is 0 Å². The fourth-order valence-corrected chi connectivity index (χ4v) is 3.33. The maximum Gasteiger partial charge on any atom is 0.324 e. The van der Waals surface area contributed by atoms with Crippen molar-refractivity contribution in [3.63, 3.8) is 0 Å². The molecule has 0 aliphatic heterocycles. The molecule has 0 saturated carbocycles. The van der Waals surface area contributed by atoms with Gasteiger partial charge >= 0.3 is 11.9 Å². The lowest BCUT2D eigenvalue weighted by Gasteiger charge is -2.32. The third-order valence-electron chi connectivity index (χ3n) is 4.91. The number of carbonyl (C=O) groups excluding carboxylic acids is 3. The van der Waals surface area contributed by atoms with Gasteiger partial charge in [-0.2, -0.15) is 0 Å². The summed E-state index contributed by atoms with van der Waals surface area (Å²) < 4.78 is 9.26. The lowest BCUT2D eigenvalue weighted by molar-refractivity contribution is -0.156. The van der Waals surface area contributed by atoms with Gasteiger partial charge in [0.15, 0.2) is 11.7 Å². The van der Waals surface area contributed by atoms with Gasteiger partial charge in [0.2, 0.25) is 0 Å². The van der Waals surface area contributed by atoms with Crippen LogP contribution in [0, 0.1) is 11.3 Å². The maximum absolute atomic E-state index is 12.1. The maximum atomic E-state index is 12.1. The molecule has 0 aromatic carbocycles. The van der Waals surface area contributed by atoms with Crippen molar-refractivity contribution in [2.24, 2.45) is 11.3 Å². The Hall–Kier alpha value is -2.43. The molecule has 5 heteroatoms. The molecular formula is C22H30O5. The van der Waals surface area contributed by atoms with Crippen LogP contribution in [0.25, 0.3) is 0 Å². The average molecular weight is 374 g/mol. The zero-order chi connectivity index (χ0) is 20.6. The SMILES string of the molecule is COC(=O)C(C(=O)OC)/C(C)=C/C=C/C(=O)/C=C/C1=C(C)CCCC1(C)C. The van der Waals surface area contributed by atoms with Crippen molar-refractivity contribution in [2.75, 3.05) is 14.2 Å². The molecule has 0 spiro atoms. The summed E-state index contributed by atoms with van der Waals surface area (Å²) >= 11 is 0. The molecule has 0 heterocycles. The number of carbonyl (C=O) groups is 3. The number of ketones is 1. The summed E-state index contributed by atoms with van der Waals surface area (Å²) in [4.78, 5) is 35.6. The van der Waals surface area contributed by atoms with Crippen LogP contribution in [0.1, 0.15) is 47.0 Å². The van der Waals surface area contributed by atoms with Crippen LogP contribution in [0.2, 0.25) is 0 Å². The van der Waals surface area contributed by atoms with Gasteiger partial charge in [-0.25, -0.2) is 0 Å². The number of hydrogen-bond donors (Lipinski definition) is 0. The Bertz CT molecular complexity index is 688. The van der Waals surface area contributed by atoms with Gasteiger partial charge in [-0.15, -0.1) is 0 Å². The fourth-order valence-electron chi connectivity index (χ4n) is 3.33. The van der Waals surface area contributed by atoms with Gasteiger partial charge in [0.1, 0.15) is 0 Å². The van der Waals surface area contributed by atoms with Gasteiger partial charge in [0.05, 0.1) is 14.2 Å². The van der Waals surface area contributed by atoms with E-state index in [1.54, 1.807) is 19.1 Å². The standard InChI is InChI=1S/C22H30O5/c1-15-10-8-14-22(3,4)18(15)13-12-17(23)11-7-9-16(2)19(20(24)26-5)21(25)27-6/h7,9,11-13,19H,8,10,14H2,1-6H3/b11-7+,13-12+,16-9+. The number of allylic oxidation sites excluding steroid dienone is 7. The molecule has 1 aliphatic carbocycles. The predicted octanol–water partition coefficient (Wildman–Crippen LogP) is 4.10. The first-order valence-corrected chi connectivity index (χ1v) is 9.06. The van der Waals surface area contributed by atoms with Crippen LogP contribution in [0.3, 0.4) is 0 Å². The van der Waals surface area contributed by atoms with Crippen molar-refractivity contribution in [2.45, 2.75) is 47.0 Å². The second kappa shape index (κ2) is 10.0. The Kier molecular flexibility index (Phi) is 8.41. The van der Waals surface area contributed by atoms with E-state index in [2.05, 4.69) is 30.2 Å². The van der Waals surface area contributed by atoms with Crippen molar-refractivity contribution < 1.29 is 23.9 Å². The van der Waals surface area contributed by atoms with Gasteiger partial charge in [0.25, 0.3) is 0 Å². The average Bonchev–Trinajstić information content (AvgIpc) is 2.60. The summed E-state index contributed by atoms with van der Waals surface area (Å²) in [6, 6.07) is 0. The highest BCUT2D eigenvalue weighted by molar-refractivity contribution is 6.00. The zero-order valence-corrected chi connectivity index (χ0v) is 17.1. The van der Waals surface area contributed by atoms with Crippen LogP contribution in [0.15, 0.2) is 47.1 Å². The zero-order valence-electron chi connectivity index (χ0n) is 17.1. The summed E-state index contributed by atoms with van der Waals surface area (Å²) in [5.41, 5.74) is 3.06. The first-order valence-electron chi connectivity index (χ1n) is 9.06. The van der Waals surface area contributed by atoms with Gasteiger partial charge in [0, 0.05) is 0 Å². The molecule has 0 amide bonds. The lowest BCUT2D eigenvalue weighted by Crippen LogP contribution is -2.27. The molecule has 0 unspecified atom stereocenters. The Morgan fingerprint density at radius 2 is 1.67 bits per heavy atom. The first kappa shape index (κ1) is 22.6. The highest BCUT2D eigenvalue weighted by Gasteiger charge is 2.30. The van der Waals surface area contributed by atoms with Crippen molar-refractivity contribution in [3.8, 4) is 0 Å². The van der Waals surface area contributed by atoms with Crippen molar-refractivity contribution in [3.05, 3.63) is 47.1 Å². The minimum atomic E-state index is -1.13. The molecule has 0 N–H and O–H groups in total. The lowest BCUT2D eigenvalue weighted by atomic mass is 9.72. The van der Waals surface area contributed by atoms with Gasteiger partial charge in [-0.3, -0.25) is 14.4 Å². The van der Waals surface area contributed by atoms with E-state index in [0.717, 1.165) is 12.8 Å². The molecule has 0 aromatic heterocycles. The molecule has 27 heavy (non-hydrogen) atoms. The Labute approximate surface area is 161 Å². The number of methoxy groups -OCH3 is 2. The van der Waals surface area contributed by atoms with Gasteiger partial charge in [-0.1, -0.05) is 37.6 Å². The summed E-state index contributed by atoms with van der Waals surface area (Å²) in [6.07, 6.45) is 11.3. The van der Waals surface area contributed by atoms with Crippen LogP contribution in [0.4, 0.5) is 0 Å². The molecule has 0 bridgehead atoms. The first-order chi connectivity index (χ1) is 12.6. The van der Waals surface area contributed by atoms with Crippen molar-refractivity contribution >= 4 is 17.7 Å². The van der Waals surface area contributed by atoms with Crippen LogP contribution in [-0.2, 0) is 23.9 Å². The molecular weight excluding hydrogens is 344 g/mol. The van der Waals surface area contributed by atoms with E-state index < -0.39 is 17.9 Å². The van der Waals surface area contributed by atoms with Crippen LogP contribution in [-0.4, -0.2) is 31.9 Å². The van der Waals surface area contributed by atoms with Crippen molar-refractivity contribution in [1.82, 2.24) is 0 Å². The van der Waals surface area contributed by atoms with E-state index in [9.17, 15) is 14.4 Å². The molecule has 0 saturated heterocycles. The van der Waals surface area contributed by atoms with E-state index in [1.807, 2.05) is 6.08 Å². The number of hydrogen-bond acceptors (Lipinski definition) is 5. The molecule has 5 nitrogen and oxygen atoms in total. The summed E-state index contributed by atoms with van der Waals surface area (Å²) in [6.45, 7) is 8.12. The normalized spacial score (nSPS) is 17.7. The van der Waals surface area contributed by atoms with Crippen LogP contribution in [0.5, 0.6) is 0 Å². The number of ether oxygens (including phenoxy) is 2. The minimum absolute atomic E-state index is 0.0770. The quantitative estimate of drug-likeness (QED) is 0.290. The van der Waals surface area contributed by atoms with E-state index in [4.69, 9.17) is 0 Å². The minimum Gasteiger partial charge on any atom is -0.468 e. The third kappa shape index (κ3) is 6.35. The smallest absolute Gasteiger partial charge is 0.324 e. The topological polar surface area (TPSA) is 69.7 Å². The molecule has 0 aromatic rings. The van der Waals surface area contributed by atoms with E-state index >= 15 is 0 Å². The van der Waals surface area contributed by atoms with Crippen molar-refractivity contribution in [1.29, 1.82) is 0 Å². The van der Waals surface area contributed by atoms with Crippen LogP contribution < -0.4 is 0 Å². The predicted molar refractivity (Wildman–Crippen MR) is 105 cm³/mol. The molecule has 0 radical (unpaired) electrons. The second-order valence-corrected chi connectivity index (χ2v) is 7.42. The van der Waals surface area contributed by atoms with E-state index in [0.29, 0.717) is 5.57 Å². The highest BCUT2D eigenvalue weighted by Crippen LogP contribution is 2.40. The van der Waals surface area contributed by atoms with Gasteiger partial charge < -0.3 is 9.47 Å². The van der Waals surface area contributed by atoms with Gasteiger partial charge in [-0.05, 0) is 61.8 Å². The number of rotatable bonds is 7. The monoisotopic (exact) mass is 374 g/mol. The summed E-state index contributed by atoms with van der Waals surface area (Å²) in [7, 11) is 2.41. The molecule has 148 valence electrons. The summed E-state index contributed by atoms with van der Waals surface area (Å²) in [5, 5.41) is 0. The summed E-state index contributed by atoms with van der Waals surface area (Å²) in [5.74, 6) is -2.69. The molecule has 1 rings (SSSR count). The molecule has 0 atom stereocenters. The third-order valence-corrected chi connectivity index (χ3v) is 4.91. The fraction of sp³-hybridized carbons (Fsp3) is 0.500. The highest BCUT2D eigenvalue weighted by atomic mass is 16.5. The second-order valence-electron chi connectivity index (χ2n) is 7.42. The Morgan fingerprint density at radius 1 is 1.07 bits per heavy atom. The Balaban J connectivity index is 2.86. The number of esters is 2. The molecule has 0 fully saturated rings.